The van der Waals surface area contributed by atoms with Crippen LogP contribution in [0, 0.1) is 10.1 Å². The van der Waals surface area contributed by atoms with Crippen LogP contribution >= 0.6 is 0 Å². The molecule has 3 rings (SSSR count). The van der Waals surface area contributed by atoms with Crippen molar-refractivity contribution in [3.8, 4) is 22.6 Å². The van der Waals surface area contributed by atoms with E-state index in [1.807, 2.05) is 0 Å². The monoisotopic (exact) mass is 299 g/mol. The van der Waals surface area contributed by atoms with Crippen LogP contribution < -0.4 is 5.63 Å². The molecular formula is C15H9NO6. The van der Waals surface area contributed by atoms with Gasteiger partial charge in [-0.1, -0.05) is 0 Å². The summed E-state index contributed by atoms with van der Waals surface area (Å²) in [6.07, 6.45) is 0. The Bertz CT molecular complexity index is 943. The van der Waals surface area contributed by atoms with Crippen molar-refractivity contribution in [1.82, 2.24) is 0 Å². The summed E-state index contributed by atoms with van der Waals surface area (Å²) in [5, 5.41) is 30.4. The van der Waals surface area contributed by atoms with Gasteiger partial charge in [-0.25, -0.2) is 4.79 Å². The van der Waals surface area contributed by atoms with Gasteiger partial charge in [0.2, 0.25) is 0 Å². The van der Waals surface area contributed by atoms with Crippen molar-refractivity contribution in [3.63, 3.8) is 0 Å². The molecule has 0 unspecified atom stereocenters. The van der Waals surface area contributed by atoms with Gasteiger partial charge in [-0.05, 0) is 17.7 Å². The molecule has 2 aromatic carbocycles. The highest BCUT2D eigenvalue weighted by molar-refractivity contribution is 5.98. The molecular weight excluding hydrogens is 290 g/mol. The van der Waals surface area contributed by atoms with Crippen LogP contribution in [0.3, 0.4) is 0 Å². The fourth-order valence-corrected chi connectivity index (χ4v) is 2.26. The molecule has 1 aromatic heterocycles. The Hall–Kier alpha value is -3.35. The lowest BCUT2D eigenvalue weighted by Gasteiger charge is -2.07. The number of nitrogens with zero attached hydrogens (tertiary/aromatic N) is 1. The van der Waals surface area contributed by atoms with E-state index in [4.69, 9.17) is 4.42 Å². The van der Waals surface area contributed by atoms with Crippen LogP contribution in [-0.2, 0) is 0 Å². The highest BCUT2D eigenvalue weighted by Crippen LogP contribution is 2.36. The quantitative estimate of drug-likeness (QED) is 0.427. The van der Waals surface area contributed by atoms with Gasteiger partial charge in [-0.3, -0.25) is 10.1 Å². The smallest absolute Gasteiger partial charge is 0.336 e. The van der Waals surface area contributed by atoms with Crippen molar-refractivity contribution in [2.24, 2.45) is 0 Å². The molecule has 110 valence electrons. The Kier molecular flexibility index (Phi) is 3.03. The summed E-state index contributed by atoms with van der Waals surface area (Å²) in [5.74, 6) is -0.499. The summed E-state index contributed by atoms with van der Waals surface area (Å²) in [6, 6.07) is 9.06. The number of rotatable bonds is 2. The second-order valence-electron chi connectivity index (χ2n) is 4.62. The Morgan fingerprint density at radius 1 is 1.05 bits per heavy atom. The third-order valence-electron chi connectivity index (χ3n) is 3.20. The molecule has 22 heavy (non-hydrogen) atoms. The summed E-state index contributed by atoms with van der Waals surface area (Å²) in [5.41, 5.74) is 0.144. The third-order valence-corrected chi connectivity index (χ3v) is 3.20. The largest absolute Gasteiger partial charge is 0.508 e. The van der Waals surface area contributed by atoms with Gasteiger partial charge in [0.25, 0.3) is 5.69 Å². The fraction of sp³-hybridized carbons (Fsp3) is 0. The van der Waals surface area contributed by atoms with E-state index in [2.05, 4.69) is 0 Å². The molecule has 2 N–H and O–H groups in total. The average molecular weight is 299 g/mol. The number of fused-ring (bicyclic) bond motifs is 1. The van der Waals surface area contributed by atoms with Crippen molar-refractivity contribution in [2.75, 3.05) is 0 Å². The molecule has 0 saturated heterocycles. The second kappa shape index (κ2) is 4.88. The normalized spacial score (nSPS) is 10.7. The summed E-state index contributed by atoms with van der Waals surface area (Å²) >= 11 is 0. The molecule has 3 aromatic rings. The maximum atomic E-state index is 11.6. The second-order valence-corrected chi connectivity index (χ2v) is 4.62. The Morgan fingerprint density at radius 2 is 1.73 bits per heavy atom. The standard InChI is InChI=1S/C15H9NO6/c17-10-5-12(18)15-11(7-14(19)22-13(15)6-10)8-1-3-9(4-2-8)16(20)21/h1-7,17-18H. The van der Waals surface area contributed by atoms with Crippen LogP contribution in [0.5, 0.6) is 11.5 Å². The third kappa shape index (κ3) is 2.24. The van der Waals surface area contributed by atoms with E-state index in [1.165, 1.54) is 36.4 Å². The van der Waals surface area contributed by atoms with Crippen LogP contribution in [0.1, 0.15) is 0 Å². The number of hydrogen-bond donors (Lipinski definition) is 2. The summed E-state index contributed by atoms with van der Waals surface area (Å²) in [6.45, 7) is 0. The molecule has 0 bridgehead atoms. The van der Waals surface area contributed by atoms with Crippen molar-refractivity contribution in [3.05, 3.63) is 63.0 Å². The van der Waals surface area contributed by atoms with Gasteiger partial charge in [0, 0.05) is 35.9 Å². The lowest BCUT2D eigenvalue weighted by Crippen LogP contribution is -1.98. The zero-order valence-electron chi connectivity index (χ0n) is 11.0. The number of nitro benzene ring substituents is 1. The molecule has 7 nitrogen and oxygen atoms in total. The summed E-state index contributed by atoms with van der Waals surface area (Å²) in [7, 11) is 0. The van der Waals surface area contributed by atoms with Crippen molar-refractivity contribution in [2.45, 2.75) is 0 Å². The van der Waals surface area contributed by atoms with E-state index in [0.717, 1.165) is 6.07 Å². The Labute approximate surface area is 122 Å². The number of nitro groups is 1. The molecule has 0 atom stereocenters. The van der Waals surface area contributed by atoms with E-state index in [0.29, 0.717) is 11.1 Å². The van der Waals surface area contributed by atoms with Crippen LogP contribution in [0.4, 0.5) is 5.69 Å². The van der Waals surface area contributed by atoms with E-state index in [1.54, 1.807) is 0 Å². The summed E-state index contributed by atoms with van der Waals surface area (Å²) in [4.78, 5) is 21.8. The minimum absolute atomic E-state index is 0.0263. The maximum Gasteiger partial charge on any atom is 0.336 e. The first-order chi connectivity index (χ1) is 10.5. The van der Waals surface area contributed by atoms with E-state index >= 15 is 0 Å². The number of hydrogen-bond acceptors (Lipinski definition) is 6. The summed E-state index contributed by atoms with van der Waals surface area (Å²) < 4.78 is 4.96. The number of non-ortho nitro benzene ring substituents is 1. The van der Waals surface area contributed by atoms with Gasteiger partial charge in [0.1, 0.15) is 17.1 Å². The molecule has 0 radical (unpaired) electrons. The van der Waals surface area contributed by atoms with Crippen molar-refractivity contribution >= 4 is 16.7 Å². The van der Waals surface area contributed by atoms with E-state index in [9.17, 15) is 25.1 Å². The molecule has 0 saturated carbocycles. The topological polar surface area (TPSA) is 114 Å². The molecule has 0 spiro atoms. The lowest BCUT2D eigenvalue weighted by atomic mass is 10.0. The number of phenolic OH excluding ortho intramolecular Hbond substituents is 2. The number of aromatic hydroxyl groups is 2. The first kappa shape index (κ1) is 13.6. The zero-order chi connectivity index (χ0) is 15.9. The predicted octanol–water partition coefficient (Wildman–Crippen LogP) is 2.78. The molecule has 0 aliphatic rings. The van der Waals surface area contributed by atoms with Crippen LogP contribution in [0.15, 0.2) is 51.7 Å². The Balaban J connectivity index is 2.30. The highest BCUT2D eigenvalue weighted by atomic mass is 16.6. The van der Waals surface area contributed by atoms with E-state index in [-0.39, 0.29) is 28.2 Å². The average Bonchev–Trinajstić information content (AvgIpc) is 2.45. The SMILES string of the molecule is O=c1cc(-c2ccc([N+](=O)[O-])cc2)c2c(O)cc(O)cc2o1. The molecule has 0 aliphatic heterocycles. The molecule has 7 heteroatoms. The minimum Gasteiger partial charge on any atom is -0.508 e. The first-order valence-electron chi connectivity index (χ1n) is 6.20. The highest BCUT2D eigenvalue weighted by Gasteiger charge is 2.14. The maximum absolute atomic E-state index is 11.6. The Morgan fingerprint density at radius 3 is 2.36 bits per heavy atom. The van der Waals surface area contributed by atoms with Gasteiger partial charge in [0.05, 0.1) is 10.3 Å². The lowest BCUT2D eigenvalue weighted by molar-refractivity contribution is -0.384. The molecule has 1 heterocycles. The van der Waals surface area contributed by atoms with Gasteiger partial charge >= 0.3 is 5.63 Å². The van der Waals surface area contributed by atoms with Crippen molar-refractivity contribution < 1.29 is 19.6 Å². The fourth-order valence-electron chi connectivity index (χ4n) is 2.26. The zero-order valence-corrected chi connectivity index (χ0v) is 11.0. The number of phenols is 2. The van der Waals surface area contributed by atoms with Crippen LogP contribution in [-0.4, -0.2) is 15.1 Å². The molecule has 0 fully saturated rings. The van der Waals surface area contributed by atoms with Gasteiger partial charge in [-0.2, -0.15) is 0 Å². The van der Waals surface area contributed by atoms with E-state index < -0.39 is 10.5 Å². The molecule has 0 aliphatic carbocycles. The van der Waals surface area contributed by atoms with Gasteiger partial charge in [-0.15, -0.1) is 0 Å². The minimum atomic E-state index is -0.661. The molecule has 0 amide bonds. The van der Waals surface area contributed by atoms with Crippen LogP contribution in [0.25, 0.3) is 22.1 Å². The number of benzene rings is 2. The van der Waals surface area contributed by atoms with Crippen LogP contribution in [0.2, 0.25) is 0 Å². The van der Waals surface area contributed by atoms with Crippen molar-refractivity contribution in [1.29, 1.82) is 0 Å². The van der Waals surface area contributed by atoms with Gasteiger partial charge < -0.3 is 14.6 Å². The van der Waals surface area contributed by atoms with Gasteiger partial charge in [0.15, 0.2) is 0 Å². The predicted molar refractivity (Wildman–Crippen MR) is 77.9 cm³/mol. The first-order valence-corrected chi connectivity index (χ1v) is 6.20.